The maximum Gasteiger partial charge on any atom is 0.227 e. The van der Waals surface area contributed by atoms with Crippen molar-refractivity contribution in [3.8, 4) is 12.3 Å². The molecule has 1 rings (SSSR count). The lowest BCUT2D eigenvalue weighted by Crippen LogP contribution is -2.13. The van der Waals surface area contributed by atoms with Crippen LogP contribution in [0.4, 0.5) is 5.95 Å². The van der Waals surface area contributed by atoms with E-state index in [4.69, 9.17) is 23.8 Å². The number of hydrogen-bond acceptors (Lipinski definition) is 5. The summed E-state index contributed by atoms with van der Waals surface area (Å²) in [5.74, 6) is 2.63. The van der Waals surface area contributed by atoms with Crippen LogP contribution in [-0.4, -0.2) is 28.0 Å². The number of rotatable bonds is 3. The van der Waals surface area contributed by atoms with Crippen LogP contribution in [0, 0.1) is 12.3 Å². The van der Waals surface area contributed by atoms with E-state index in [-0.39, 0.29) is 11.2 Å². The highest BCUT2D eigenvalue weighted by Crippen LogP contribution is 1.96. The molecule has 0 spiro atoms. The van der Waals surface area contributed by atoms with Crippen LogP contribution in [0.25, 0.3) is 0 Å². The number of halogens is 1. The number of anilines is 1. The van der Waals surface area contributed by atoms with Gasteiger partial charge in [0.1, 0.15) is 6.33 Å². The molecular weight excluding hydrogens is 214 g/mol. The lowest BCUT2D eigenvalue weighted by atomic mass is 10.5. The molecular formula is C9H14ClN5. The summed E-state index contributed by atoms with van der Waals surface area (Å²) in [5.41, 5.74) is 5.11. The Morgan fingerprint density at radius 3 is 2.73 bits per heavy atom. The van der Waals surface area contributed by atoms with Gasteiger partial charge in [-0.25, -0.2) is 9.97 Å². The Morgan fingerprint density at radius 2 is 2.33 bits per heavy atom. The zero-order valence-electron chi connectivity index (χ0n) is 8.57. The molecule has 0 bridgehead atoms. The van der Waals surface area contributed by atoms with Gasteiger partial charge in [0.2, 0.25) is 11.2 Å². The van der Waals surface area contributed by atoms with Gasteiger partial charge in [0.25, 0.3) is 0 Å². The first-order valence-corrected chi connectivity index (χ1v) is 4.82. The fraction of sp³-hybridized carbons (Fsp3) is 0.444. The average molecular weight is 228 g/mol. The second kappa shape index (κ2) is 9.19. The quantitative estimate of drug-likeness (QED) is 0.588. The first kappa shape index (κ1) is 13.6. The van der Waals surface area contributed by atoms with Crippen LogP contribution >= 0.6 is 11.6 Å². The number of hydrogen-bond donors (Lipinski definition) is 2. The molecule has 5 nitrogen and oxygen atoms in total. The van der Waals surface area contributed by atoms with Gasteiger partial charge in [-0.2, -0.15) is 4.98 Å². The molecule has 0 saturated carbocycles. The van der Waals surface area contributed by atoms with Crippen LogP contribution in [0.3, 0.4) is 0 Å². The van der Waals surface area contributed by atoms with E-state index in [1.165, 1.54) is 6.33 Å². The van der Waals surface area contributed by atoms with E-state index < -0.39 is 0 Å². The summed E-state index contributed by atoms with van der Waals surface area (Å²) in [6.45, 7) is 3.85. The Labute approximate surface area is 94.5 Å². The van der Waals surface area contributed by atoms with Crippen molar-refractivity contribution in [1.29, 1.82) is 0 Å². The van der Waals surface area contributed by atoms with Crippen LogP contribution in [-0.2, 0) is 0 Å². The van der Waals surface area contributed by atoms with Gasteiger partial charge in [0.05, 0.1) is 6.54 Å². The third kappa shape index (κ3) is 8.94. The van der Waals surface area contributed by atoms with E-state index in [0.29, 0.717) is 6.54 Å². The number of nitrogens with zero attached hydrogens (tertiary/aromatic N) is 3. The molecule has 0 fully saturated rings. The third-order valence-electron chi connectivity index (χ3n) is 1.21. The van der Waals surface area contributed by atoms with Crippen molar-refractivity contribution in [2.24, 2.45) is 0 Å². The molecule has 1 aromatic rings. The summed E-state index contributed by atoms with van der Waals surface area (Å²) in [6.07, 6.45) is 7.37. The van der Waals surface area contributed by atoms with Gasteiger partial charge in [-0.15, -0.1) is 6.42 Å². The molecule has 0 atom stereocenters. The number of terminal acetylenes is 1. The standard InChI is InChI=1S/C6H11N.C3H3ClN4/c1-3-5-7-6-4-2;4-2-6-1-7-3(5)8-2/h1,7H,4-6H2,2H3;1H,(H2,5,6,7,8). The second-order valence-corrected chi connectivity index (χ2v) is 2.83. The van der Waals surface area contributed by atoms with Gasteiger partial charge in [-0.05, 0) is 24.6 Å². The summed E-state index contributed by atoms with van der Waals surface area (Å²) in [6, 6.07) is 0. The van der Waals surface area contributed by atoms with Crippen molar-refractivity contribution < 1.29 is 0 Å². The van der Waals surface area contributed by atoms with Gasteiger partial charge in [0.15, 0.2) is 0 Å². The monoisotopic (exact) mass is 227 g/mol. The molecule has 0 aromatic carbocycles. The summed E-state index contributed by atoms with van der Waals surface area (Å²) < 4.78 is 0. The molecule has 82 valence electrons. The molecule has 0 radical (unpaired) electrons. The summed E-state index contributed by atoms with van der Waals surface area (Å²) >= 11 is 5.30. The fourth-order valence-corrected chi connectivity index (χ4v) is 0.755. The smallest absolute Gasteiger partial charge is 0.227 e. The van der Waals surface area contributed by atoms with Crippen molar-refractivity contribution in [2.45, 2.75) is 13.3 Å². The minimum Gasteiger partial charge on any atom is -0.368 e. The highest BCUT2D eigenvalue weighted by atomic mass is 35.5. The number of nitrogens with one attached hydrogen (secondary N) is 1. The van der Waals surface area contributed by atoms with Crippen molar-refractivity contribution in [3.05, 3.63) is 11.6 Å². The lowest BCUT2D eigenvalue weighted by Gasteiger charge is -1.91. The van der Waals surface area contributed by atoms with Gasteiger partial charge in [0, 0.05) is 0 Å². The predicted molar refractivity (Wildman–Crippen MR) is 61.2 cm³/mol. The SMILES string of the molecule is C#CCNCCC.Nc1ncnc(Cl)n1. The Morgan fingerprint density at radius 1 is 1.60 bits per heavy atom. The number of aromatic nitrogens is 3. The molecule has 0 unspecified atom stereocenters. The van der Waals surface area contributed by atoms with Crippen LogP contribution < -0.4 is 11.1 Å². The van der Waals surface area contributed by atoms with Crippen molar-refractivity contribution in [3.63, 3.8) is 0 Å². The van der Waals surface area contributed by atoms with Gasteiger partial charge >= 0.3 is 0 Å². The Kier molecular flexibility index (Phi) is 8.34. The predicted octanol–water partition coefficient (Wildman–Crippen LogP) is 0.726. The Bertz CT molecular complexity index is 292. The Balaban J connectivity index is 0.000000265. The van der Waals surface area contributed by atoms with Crippen LogP contribution in [0.1, 0.15) is 13.3 Å². The van der Waals surface area contributed by atoms with Gasteiger partial charge in [-0.3, -0.25) is 0 Å². The van der Waals surface area contributed by atoms with E-state index in [1.807, 2.05) is 0 Å². The first-order chi connectivity index (χ1) is 7.20. The lowest BCUT2D eigenvalue weighted by molar-refractivity contribution is 0.737. The van der Waals surface area contributed by atoms with Crippen molar-refractivity contribution in [1.82, 2.24) is 20.3 Å². The van der Waals surface area contributed by atoms with E-state index >= 15 is 0 Å². The van der Waals surface area contributed by atoms with E-state index in [9.17, 15) is 0 Å². The van der Waals surface area contributed by atoms with Crippen LogP contribution in [0.2, 0.25) is 5.28 Å². The topological polar surface area (TPSA) is 76.7 Å². The normalized spacial score (nSPS) is 8.60. The molecule has 3 N–H and O–H groups in total. The molecule has 0 aliphatic carbocycles. The summed E-state index contributed by atoms with van der Waals surface area (Å²) in [7, 11) is 0. The number of nitrogen functional groups attached to an aromatic ring is 1. The summed E-state index contributed by atoms with van der Waals surface area (Å²) in [5, 5.41) is 3.17. The maximum atomic E-state index is 5.30. The number of nitrogens with two attached hydrogens (primary N) is 1. The van der Waals surface area contributed by atoms with E-state index in [0.717, 1.165) is 13.0 Å². The zero-order chi connectivity index (χ0) is 11.5. The van der Waals surface area contributed by atoms with Gasteiger partial charge in [-0.1, -0.05) is 12.8 Å². The highest BCUT2D eigenvalue weighted by Gasteiger charge is 1.87. The van der Waals surface area contributed by atoms with Crippen LogP contribution in [0.5, 0.6) is 0 Å². The zero-order valence-corrected chi connectivity index (χ0v) is 9.33. The maximum absolute atomic E-state index is 5.30. The highest BCUT2D eigenvalue weighted by molar-refractivity contribution is 6.28. The first-order valence-electron chi connectivity index (χ1n) is 4.44. The fourth-order valence-electron chi connectivity index (χ4n) is 0.625. The molecule has 0 aliphatic heterocycles. The Hall–Kier alpha value is -1.38. The van der Waals surface area contributed by atoms with Crippen molar-refractivity contribution in [2.75, 3.05) is 18.8 Å². The van der Waals surface area contributed by atoms with Crippen LogP contribution in [0.15, 0.2) is 6.33 Å². The second-order valence-electron chi connectivity index (χ2n) is 2.49. The largest absolute Gasteiger partial charge is 0.368 e. The molecule has 1 aromatic heterocycles. The minimum atomic E-state index is 0.123. The minimum absolute atomic E-state index is 0.123. The van der Waals surface area contributed by atoms with E-state index in [1.54, 1.807) is 0 Å². The van der Waals surface area contributed by atoms with Crippen molar-refractivity contribution >= 4 is 17.5 Å². The molecule has 15 heavy (non-hydrogen) atoms. The molecule has 1 heterocycles. The molecule has 6 heteroatoms. The molecule has 0 amide bonds. The average Bonchev–Trinajstić information content (AvgIpc) is 2.19. The third-order valence-corrected chi connectivity index (χ3v) is 1.40. The molecule has 0 aliphatic rings. The summed E-state index contributed by atoms with van der Waals surface area (Å²) in [4.78, 5) is 10.5. The molecule has 0 saturated heterocycles. The van der Waals surface area contributed by atoms with Gasteiger partial charge < -0.3 is 11.1 Å². The van der Waals surface area contributed by atoms with E-state index in [2.05, 4.69) is 33.1 Å².